The summed E-state index contributed by atoms with van der Waals surface area (Å²) in [4.78, 5) is 25.1. The van der Waals surface area contributed by atoms with Crippen LogP contribution in [0.4, 0.5) is 0 Å². The van der Waals surface area contributed by atoms with E-state index in [0.717, 1.165) is 16.7 Å². The molecule has 26 heavy (non-hydrogen) atoms. The summed E-state index contributed by atoms with van der Waals surface area (Å²) < 4.78 is 5.85. The van der Waals surface area contributed by atoms with E-state index in [4.69, 9.17) is 27.9 Å². The van der Waals surface area contributed by atoms with Gasteiger partial charge in [-0.15, -0.1) is 0 Å². The van der Waals surface area contributed by atoms with E-state index in [1.165, 1.54) is 4.90 Å². The zero-order valence-electron chi connectivity index (χ0n) is 14.0. The first-order valence-electron chi connectivity index (χ1n) is 8.01. The van der Waals surface area contributed by atoms with Crippen molar-refractivity contribution < 1.29 is 19.4 Å². The number of benzene rings is 2. The van der Waals surface area contributed by atoms with Crippen molar-refractivity contribution in [2.24, 2.45) is 0 Å². The fourth-order valence-corrected chi connectivity index (χ4v) is 3.57. The zero-order chi connectivity index (χ0) is 18.8. The highest BCUT2D eigenvalue weighted by Crippen LogP contribution is 2.41. The van der Waals surface area contributed by atoms with Crippen molar-refractivity contribution in [1.82, 2.24) is 4.90 Å². The van der Waals surface area contributed by atoms with Crippen LogP contribution >= 0.6 is 23.2 Å². The van der Waals surface area contributed by atoms with E-state index in [0.29, 0.717) is 10.0 Å². The van der Waals surface area contributed by atoms with E-state index in [-0.39, 0.29) is 12.5 Å². The summed E-state index contributed by atoms with van der Waals surface area (Å²) in [6.45, 7) is 1.32. The van der Waals surface area contributed by atoms with Crippen LogP contribution in [0.2, 0.25) is 10.0 Å². The fourth-order valence-electron chi connectivity index (χ4n) is 3.22. The van der Waals surface area contributed by atoms with Gasteiger partial charge >= 0.3 is 5.97 Å². The average molecular weight is 394 g/mol. The number of amides is 1. The van der Waals surface area contributed by atoms with Gasteiger partial charge in [-0.2, -0.15) is 0 Å². The Morgan fingerprint density at radius 1 is 1.19 bits per heavy atom. The van der Waals surface area contributed by atoms with Crippen LogP contribution in [0, 0.1) is 6.92 Å². The third-order valence-corrected chi connectivity index (χ3v) is 4.87. The van der Waals surface area contributed by atoms with Crippen molar-refractivity contribution in [3.63, 3.8) is 0 Å². The third-order valence-electron chi connectivity index (χ3n) is 4.38. The van der Waals surface area contributed by atoms with Crippen LogP contribution in [0.15, 0.2) is 42.5 Å². The third kappa shape index (κ3) is 3.85. The first kappa shape index (κ1) is 18.7. The van der Waals surface area contributed by atoms with Gasteiger partial charge in [-0.3, -0.25) is 9.59 Å². The quantitative estimate of drug-likeness (QED) is 0.851. The predicted octanol–water partition coefficient (Wildman–Crippen LogP) is 4.03. The summed E-state index contributed by atoms with van der Waals surface area (Å²) in [6.07, 6.45) is -0.509. The lowest BCUT2D eigenvalue weighted by Crippen LogP contribution is -2.47. The van der Waals surface area contributed by atoms with Crippen LogP contribution in [0.1, 0.15) is 28.8 Å². The van der Waals surface area contributed by atoms with E-state index in [1.54, 1.807) is 30.3 Å². The fraction of sp³-hybridized carbons (Fsp3) is 0.263. The average Bonchev–Trinajstić information content (AvgIpc) is 2.58. The molecule has 1 fully saturated rings. The second-order valence-corrected chi connectivity index (χ2v) is 7.02. The number of aliphatic carboxylic acids is 1. The molecule has 2 aromatic carbocycles. The number of halogens is 2. The van der Waals surface area contributed by atoms with E-state index in [9.17, 15) is 14.7 Å². The van der Waals surface area contributed by atoms with Gasteiger partial charge in [0.1, 0.15) is 19.3 Å². The Bertz CT molecular complexity index is 838. The standard InChI is InChI=1S/C19H17Cl2NO4/c1-11-8-14(21)6-7-15(11)19-18(12-2-4-13(20)5-3-12)22(9-17(24)25)16(23)10-26-19/h2-8,18-19H,9-10H2,1H3,(H,24,25)/t18?,19-/m0/s1. The lowest BCUT2D eigenvalue weighted by molar-refractivity contribution is -0.164. The molecule has 1 amide bonds. The molecule has 7 heteroatoms. The number of ether oxygens (including phenoxy) is 1. The van der Waals surface area contributed by atoms with Crippen LogP contribution in [0.25, 0.3) is 0 Å². The summed E-state index contributed by atoms with van der Waals surface area (Å²) in [7, 11) is 0. The van der Waals surface area contributed by atoms with Crippen LogP contribution in [0.3, 0.4) is 0 Å². The second-order valence-electron chi connectivity index (χ2n) is 6.14. The van der Waals surface area contributed by atoms with Gasteiger partial charge in [-0.25, -0.2) is 0 Å². The highest BCUT2D eigenvalue weighted by atomic mass is 35.5. The molecule has 1 unspecified atom stereocenters. The molecule has 136 valence electrons. The second kappa shape index (κ2) is 7.66. The van der Waals surface area contributed by atoms with Gasteiger partial charge < -0.3 is 14.7 Å². The molecular weight excluding hydrogens is 377 g/mol. The van der Waals surface area contributed by atoms with Crippen LogP contribution in [-0.2, 0) is 14.3 Å². The maximum atomic E-state index is 12.4. The van der Waals surface area contributed by atoms with E-state index < -0.39 is 24.7 Å². The smallest absolute Gasteiger partial charge is 0.323 e. The summed E-state index contributed by atoms with van der Waals surface area (Å²) in [6, 6.07) is 11.8. The van der Waals surface area contributed by atoms with Crippen molar-refractivity contribution in [1.29, 1.82) is 0 Å². The van der Waals surface area contributed by atoms with Gasteiger partial charge in [0.25, 0.3) is 0 Å². The summed E-state index contributed by atoms with van der Waals surface area (Å²) in [5.74, 6) is -1.44. The van der Waals surface area contributed by atoms with Crippen molar-refractivity contribution in [2.75, 3.05) is 13.2 Å². The number of carbonyl (C=O) groups excluding carboxylic acids is 1. The van der Waals surface area contributed by atoms with Gasteiger partial charge in [0.2, 0.25) is 5.91 Å². The van der Waals surface area contributed by atoms with Gasteiger partial charge in [0, 0.05) is 10.0 Å². The summed E-state index contributed by atoms with van der Waals surface area (Å²) in [5.41, 5.74) is 2.52. The van der Waals surface area contributed by atoms with Crippen molar-refractivity contribution in [2.45, 2.75) is 19.1 Å². The van der Waals surface area contributed by atoms with Crippen LogP contribution in [-0.4, -0.2) is 35.0 Å². The largest absolute Gasteiger partial charge is 0.480 e. The number of morpholine rings is 1. The molecule has 5 nitrogen and oxygen atoms in total. The number of carboxylic acids is 1. The van der Waals surface area contributed by atoms with E-state index in [1.807, 2.05) is 19.1 Å². The Hall–Kier alpha value is -2.08. The zero-order valence-corrected chi connectivity index (χ0v) is 15.5. The first-order valence-corrected chi connectivity index (χ1v) is 8.77. The minimum Gasteiger partial charge on any atom is -0.480 e. The molecule has 1 aliphatic heterocycles. The number of carbonyl (C=O) groups is 2. The number of nitrogens with zero attached hydrogens (tertiary/aromatic N) is 1. The van der Waals surface area contributed by atoms with Crippen LogP contribution in [0.5, 0.6) is 0 Å². The maximum absolute atomic E-state index is 12.4. The molecular formula is C19H17Cl2NO4. The molecule has 0 saturated carbocycles. The lowest BCUT2D eigenvalue weighted by atomic mass is 9.90. The van der Waals surface area contributed by atoms with Gasteiger partial charge in [-0.1, -0.05) is 41.4 Å². The minimum atomic E-state index is -1.08. The molecule has 2 aromatic rings. The summed E-state index contributed by atoms with van der Waals surface area (Å²) >= 11 is 12.0. The normalized spacial score (nSPS) is 20.3. The van der Waals surface area contributed by atoms with E-state index >= 15 is 0 Å². The Morgan fingerprint density at radius 2 is 1.85 bits per heavy atom. The van der Waals surface area contributed by atoms with Crippen molar-refractivity contribution >= 4 is 35.1 Å². The van der Waals surface area contributed by atoms with Gasteiger partial charge in [0.15, 0.2) is 0 Å². The van der Waals surface area contributed by atoms with Crippen molar-refractivity contribution in [3.05, 3.63) is 69.2 Å². The molecule has 0 aliphatic carbocycles. The summed E-state index contributed by atoms with van der Waals surface area (Å²) in [5, 5.41) is 10.4. The number of carboxylic acid groups (broad SMARTS) is 1. The monoisotopic (exact) mass is 393 g/mol. The molecule has 1 saturated heterocycles. The molecule has 0 bridgehead atoms. The minimum absolute atomic E-state index is 0.176. The molecule has 1 aliphatic rings. The highest BCUT2D eigenvalue weighted by Gasteiger charge is 2.40. The van der Waals surface area contributed by atoms with Crippen LogP contribution < -0.4 is 0 Å². The SMILES string of the molecule is Cc1cc(Cl)ccc1[C@@H]1OCC(=O)N(CC(=O)O)C1c1ccc(Cl)cc1. The van der Waals surface area contributed by atoms with Gasteiger partial charge in [-0.05, 0) is 47.9 Å². The molecule has 1 N–H and O–H groups in total. The highest BCUT2D eigenvalue weighted by molar-refractivity contribution is 6.30. The van der Waals surface area contributed by atoms with Gasteiger partial charge in [0.05, 0.1) is 6.04 Å². The molecule has 1 heterocycles. The molecule has 3 rings (SSSR count). The number of hydrogen-bond donors (Lipinski definition) is 1. The van der Waals surface area contributed by atoms with E-state index in [2.05, 4.69) is 0 Å². The number of rotatable bonds is 4. The Labute approximate surface area is 161 Å². The molecule has 0 aromatic heterocycles. The number of hydrogen-bond acceptors (Lipinski definition) is 3. The molecule has 2 atom stereocenters. The first-order chi connectivity index (χ1) is 12.4. The Kier molecular flexibility index (Phi) is 5.51. The lowest BCUT2D eigenvalue weighted by Gasteiger charge is -2.41. The number of aryl methyl sites for hydroxylation is 1. The predicted molar refractivity (Wildman–Crippen MR) is 98.4 cm³/mol. The molecule has 0 radical (unpaired) electrons. The molecule has 0 spiro atoms. The van der Waals surface area contributed by atoms with Crippen molar-refractivity contribution in [3.8, 4) is 0 Å². The topological polar surface area (TPSA) is 66.8 Å². The Balaban J connectivity index is 2.09. The maximum Gasteiger partial charge on any atom is 0.323 e. The Morgan fingerprint density at radius 3 is 2.46 bits per heavy atom.